The highest BCUT2D eigenvalue weighted by Gasteiger charge is 2.34. The molecular formula is C23H20N6O. The van der Waals surface area contributed by atoms with Crippen molar-refractivity contribution in [3.63, 3.8) is 0 Å². The fraction of sp³-hybridized carbons (Fsp3) is 0.174. The Morgan fingerprint density at radius 2 is 1.83 bits per heavy atom. The van der Waals surface area contributed by atoms with Gasteiger partial charge in [0.2, 0.25) is 0 Å². The highest BCUT2D eigenvalue weighted by atomic mass is 16.2. The second kappa shape index (κ2) is 7.87. The number of benzene rings is 1. The third-order valence-electron chi connectivity index (χ3n) is 5.36. The predicted molar refractivity (Wildman–Crippen MR) is 112 cm³/mol. The molecule has 5 rings (SSSR count). The molecule has 4 heterocycles. The average molecular weight is 396 g/mol. The maximum atomic E-state index is 13.6. The molecule has 148 valence electrons. The number of hydrogen-bond donors (Lipinski definition) is 0. The van der Waals surface area contributed by atoms with E-state index in [1.54, 1.807) is 17.1 Å². The molecule has 3 aromatic heterocycles. The molecule has 4 aromatic rings. The Labute approximate surface area is 174 Å². The molecular weight excluding hydrogens is 376 g/mol. The monoisotopic (exact) mass is 396 g/mol. The summed E-state index contributed by atoms with van der Waals surface area (Å²) in [7, 11) is 0. The van der Waals surface area contributed by atoms with Gasteiger partial charge in [-0.2, -0.15) is 0 Å². The van der Waals surface area contributed by atoms with Crippen LogP contribution in [0.15, 0.2) is 79.3 Å². The molecule has 0 N–H and O–H groups in total. The molecule has 1 unspecified atom stereocenters. The summed E-state index contributed by atoms with van der Waals surface area (Å²) in [6.45, 7) is 0.679. The van der Waals surface area contributed by atoms with Crippen LogP contribution in [0.4, 0.5) is 0 Å². The number of rotatable bonds is 4. The predicted octanol–water partition coefficient (Wildman–Crippen LogP) is 3.70. The largest absolute Gasteiger partial charge is 0.330 e. The number of nitrogens with zero attached hydrogens (tertiary/aromatic N) is 6. The quantitative estimate of drug-likeness (QED) is 0.526. The van der Waals surface area contributed by atoms with Crippen molar-refractivity contribution in [2.24, 2.45) is 0 Å². The van der Waals surface area contributed by atoms with E-state index in [1.165, 1.54) is 0 Å². The first kappa shape index (κ1) is 18.2. The van der Waals surface area contributed by atoms with Crippen molar-refractivity contribution in [3.8, 4) is 17.1 Å². The van der Waals surface area contributed by atoms with Crippen LogP contribution in [0.3, 0.4) is 0 Å². The zero-order valence-electron chi connectivity index (χ0n) is 16.3. The van der Waals surface area contributed by atoms with Crippen molar-refractivity contribution in [3.05, 3.63) is 90.5 Å². The summed E-state index contributed by atoms with van der Waals surface area (Å²) in [5, 5.41) is 8.63. The summed E-state index contributed by atoms with van der Waals surface area (Å²) < 4.78 is 1.69. The number of hydrogen-bond acceptors (Lipinski definition) is 5. The number of pyridine rings is 2. The first-order valence-corrected chi connectivity index (χ1v) is 9.96. The van der Waals surface area contributed by atoms with Gasteiger partial charge in [-0.25, -0.2) is 4.68 Å². The second-order valence-electron chi connectivity index (χ2n) is 7.19. The van der Waals surface area contributed by atoms with E-state index in [4.69, 9.17) is 0 Å². The fourth-order valence-electron chi connectivity index (χ4n) is 3.97. The SMILES string of the molecule is O=C(c1nnn(-c2ccccc2)c1-c1ccccn1)N1CCCC1c1cccnc1. The minimum absolute atomic E-state index is 0.00958. The van der Waals surface area contributed by atoms with Gasteiger partial charge in [0.05, 0.1) is 17.4 Å². The van der Waals surface area contributed by atoms with Gasteiger partial charge in [0, 0.05) is 25.1 Å². The molecule has 0 aliphatic carbocycles. The Hall–Kier alpha value is -3.87. The van der Waals surface area contributed by atoms with Crippen LogP contribution >= 0.6 is 0 Å². The van der Waals surface area contributed by atoms with E-state index in [1.807, 2.05) is 71.8 Å². The molecule has 7 nitrogen and oxygen atoms in total. The van der Waals surface area contributed by atoms with Gasteiger partial charge >= 0.3 is 0 Å². The van der Waals surface area contributed by atoms with Crippen LogP contribution in [0, 0.1) is 0 Å². The lowest BCUT2D eigenvalue weighted by atomic mass is 10.1. The van der Waals surface area contributed by atoms with Crippen molar-refractivity contribution in [2.45, 2.75) is 18.9 Å². The molecule has 1 amide bonds. The van der Waals surface area contributed by atoms with Crippen molar-refractivity contribution in [1.82, 2.24) is 29.9 Å². The summed E-state index contributed by atoms with van der Waals surface area (Å²) in [6, 6.07) is 19.2. The standard InChI is InChI=1S/C23H20N6O/c30-23(28-15-7-12-20(28)17-8-6-13-24-16-17)21-22(19-11-4-5-14-25-19)29(27-26-21)18-9-2-1-3-10-18/h1-6,8-11,13-14,16,20H,7,12,15H2. The van der Waals surface area contributed by atoms with Gasteiger partial charge in [0.1, 0.15) is 5.69 Å². The van der Waals surface area contributed by atoms with E-state index in [0.29, 0.717) is 23.6 Å². The van der Waals surface area contributed by atoms with Gasteiger partial charge in [-0.15, -0.1) is 5.10 Å². The van der Waals surface area contributed by atoms with Crippen LogP contribution in [-0.2, 0) is 0 Å². The van der Waals surface area contributed by atoms with Crippen LogP contribution in [0.5, 0.6) is 0 Å². The molecule has 7 heteroatoms. The number of para-hydroxylation sites is 1. The third-order valence-corrected chi connectivity index (χ3v) is 5.36. The highest BCUT2D eigenvalue weighted by molar-refractivity contribution is 5.98. The van der Waals surface area contributed by atoms with E-state index in [2.05, 4.69) is 20.3 Å². The Morgan fingerprint density at radius 3 is 2.60 bits per heavy atom. The topological polar surface area (TPSA) is 76.8 Å². The first-order chi connectivity index (χ1) is 14.8. The molecule has 1 aliphatic heterocycles. The lowest BCUT2D eigenvalue weighted by Crippen LogP contribution is -2.31. The van der Waals surface area contributed by atoms with E-state index in [0.717, 1.165) is 24.1 Å². The fourth-order valence-corrected chi connectivity index (χ4v) is 3.97. The van der Waals surface area contributed by atoms with Crippen molar-refractivity contribution in [1.29, 1.82) is 0 Å². The Balaban J connectivity index is 1.59. The van der Waals surface area contributed by atoms with Crippen LogP contribution in [0.2, 0.25) is 0 Å². The lowest BCUT2D eigenvalue weighted by molar-refractivity contribution is 0.0730. The maximum absolute atomic E-state index is 13.6. The van der Waals surface area contributed by atoms with Crippen LogP contribution < -0.4 is 0 Å². The number of likely N-dealkylation sites (tertiary alicyclic amines) is 1. The van der Waals surface area contributed by atoms with Crippen LogP contribution in [-0.4, -0.2) is 42.3 Å². The van der Waals surface area contributed by atoms with Crippen LogP contribution in [0.25, 0.3) is 17.1 Å². The maximum Gasteiger partial charge on any atom is 0.277 e. The minimum Gasteiger partial charge on any atom is -0.330 e. The van der Waals surface area contributed by atoms with Gasteiger partial charge in [-0.1, -0.05) is 35.5 Å². The molecule has 1 atom stereocenters. The van der Waals surface area contributed by atoms with Crippen molar-refractivity contribution >= 4 is 5.91 Å². The van der Waals surface area contributed by atoms with Gasteiger partial charge < -0.3 is 4.90 Å². The molecule has 1 saturated heterocycles. The Bertz CT molecular complexity index is 1140. The zero-order valence-corrected chi connectivity index (χ0v) is 16.3. The smallest absolute Gasteiger partial charge is 0.277 e. The number of carbonyl (C=O) groups is 1. The van der Waals surface area contributed by atoms with Crippen LogP contribution in [0.1, 0.15) is 34.9 Å². The first-order valence-electron chi connectivity index (χ1n) is 9.96. The summed E-state index contributed by atoms with van der Waals surface area (Å²) in [4.78, 5) is 24.2. The van der Waals surface area contributed by atoms with Gasteiger partial charge in [0.25, 0.3) is 5.91 Å². The summed E-state index contributed by atoms with van der Waals surface area (Å²) in [6.07, 6.45) is 7.13. The number of carbonyl (C=O) groups excluding carboxylic acids is 1. The summed E-state index contributed by atoms with van der Waals surface area (Å²) >= 11 is 0. The normalized spacial score (nSPS) is 16.0. The Morgan fingerprint density at radius 1 is 0.967 bits per heavy atom. The van der Waals surface area contributed by atoms with Gasteiger partial charge in [-0.05, 0) is 48.7 Å². The summed E-state index contributed by atoms with van der Waals surface area (Å²) in [5.74, 6) is -0.135. The van der Waals surface area contributed by atoms with E-state index >= 15 is 0 Å². The van der Waals surface area contributed by atoms with E-state index in [9.17, 15) is 4.79 Å². The Kier molecular flexibility index (Phi) is 4.77. The van der Waals surface area contributed by atoms with Gasteiger partial charge in [0.15, 0.2) is 5.69 Å². The number of amides is 1. The third kappa shape index (κ3) is 3.24. The molecule has 1 aromatic carbocycles. The molecule has 1 aliphatic rings. The molecule has 1 fully saturated rings. The van der Waals surface area contributed by atoms with Gasteiger partial charge in [-0.3, -0.25) is 14.8 Å². The zero-order chi connectivity index (χ0) is 20.3. The molecule has 0 saturated carbocycles. The average Bonchev–Trinajstić information content (AvgIpc) is 3.48. The van der Waals surface area contributed by atoms with Crippen molar-refractivity contribution in [2.75, 3.05) is 6.54 Å². The molecule has 0 bridgehead atoms. The molecule has 0 radical (unpaired) electrons. The lowest BCUT2D eigenvalue weighted by Gasteiger charge is -2.24. The molecule has 0 spiro atoms. The number of aromatic nitrogens is 5. The minimum atomic E-state index is -0.135. The van der Waals surface area contributed by atoms with Crippen molar-refractivity contribution < 1.29 is 4.79 Å². The molecule has 30 heavy (non-hydrogen) atoms. The summed E-state index contributed by atoms with van der Waals surface area (Å²) in [5.41, 5.74) is 3.44. The van der Waals surface area contributed by atoms with E-state index in [-0.39, 0.29) is 11.9 Å². The highest BCUT2D eigenvalue weighted by Crippen LogP contribution is 2.34. The second-order valence-corrected chi connectivity index (χ2v) is 7.19. The van der Waals surface area contributed by atoms with E-state index < -0.39 is 0 Å².